The maximum atomic E-state index is 12.9. The molecule has 19 heavy (non-hydrogen) atoms. The first-order chi connectivity index (χ1) is 7.94. The summed E-state index contributed by atoms with van der Waals surface area (Å²) in [6, 6.07) is 0. The largest absolute Gasteiger partial charge is 0.388 e. The van der Waals surface area contributed by atoms with Crippen LogP contribution in [-0.4, -0.2) is 32.7 Å². The zero-order chi connectivity index (χ0) is 16.1. The highest BCUT2D eigenvalue weighted by Gasteiger charge is 2.86. The molecule has 0 unspecified atom stereocenters. The molecular formula is C6Cl4F8O. The smallest absolute Gasteiger partial charge is 0.274 e. The molecule has 0 radical (unpaired) electrons. The van der Waals surface area contributed by atoms with E-state index in [2.05, 4.69) is 46.4 Å². The highest BCUT2D eigenvalue weighted by molar-refractivity contribution is 6.68. The summed E-state index contributed by atoms with van der Waals surface area (Å²) in [5, 5.41) is -3.28. The number of carbonyl (C=O) groups is 1. The van der Waals surface area contributed by atoms with E-state index in [0.29, 0.717) is 0 Å². The number of alkyl halides is 11. The van der Waals surface area contributed by atoms with E-state index < -0.39 is 32.7 Å². The fraction of sp³-hybridized carbons (Fsp3) is 0.833. The Hall–Kier alpha value is 0.270. The Labute approximate surface area is 119 Å². The van der Waals surface area contributed by atoms with Gasteiger partial charge in [0, 0.05) is 0 Å². The second kappa shape index (κ2) is 4.92. The summed E-state index contributed by atoms with van der Waals surface area (Å²) in [5.74, 6) is -26.3. The molecule has 0 N–H and O–H groups in total. The van der Waals surface area contributed by atoms with Crippen molar-refractivity contribution >= 4 is 51.6 Å². The van der Waals surface area contributed by atoms with Gasteiger partial charge in [0.05, 0.1) is 0 Å². The molecule has 1 nitrogen and oxygen atoms in total. The van der Waals surface area contributed by atoms with Crippen molar-refractivity contribution in [1.82, 2.24) is 0 Å². The average Bonchev–Trinajstić information content (AvgIpc) is 2.14. The summed E-state index contributed by atoms with van der Waals surface area (Å²) in [6.45, 7) is 0. The van der Waals surface area contributed by atoms with Crippen LogP contribution in [0, 0.1) is 0 Å². The normalized spacial score (nSPS) is 15.6. The molecule has 0 aliphatic carbocycles. The molecule has 114 valence electrons. The number of hydrogen-bond acceptors (Lipinski definition) is 1. The third kappa shape index (κ3) is 2.71. The first-order valence-electron chi connectivity index (χ1n) is 3.72. The summed E-state index contributed by atoms with van der Waals surface area (Å²) >= 11 is 17.0. The molecule has 13 heteroatoms. The van der Waals surface area contributed by atoms with Gasteiger partial charge in [-0.05, 0) is 11.6 Å². The van der Waals surface area contributed by atoms with E-state index in [9.17, 15) is 39.9 Å². The Morgan fingerprint density at radius 1 is 0.684 bits per heavy atom. The molecule has 0 saturated carbocycles. The van der Waals surface area contributed by atoms with E-state index in [1.54, 1.807) is 0 Å². The molecule has 0 aliphatic rings. The van der Waals surface area contributed by atoms with Gasteiger partial charge in [0.25, 0.3) is 9.03 Å². The lowest BCUT2D eigenvalue weighted by molar-refractivity contribution is -0.354. The summed E-state index contributed by atoms with van der Waals surface area (Å²) in [4.78, 5) is 9.99. The lowest BCUT2D eigenvalue weighted by atomic mass is 10.00. The highest BCUT2D eigenvalue weighted by atomic mass is 35.6. The van der Waals surface area contributed by atoms with Crippen LogP contribution in [0.3, 0.4) is 0 Å². The van der Waals surface area contributed by atoms with Crippen molar-refractivity contribution < 1.29 is 39.9 Å². The predicted octanol–water partition coefficient (Wildman–Crippen LogP) is 4.66. The summed E-state index contributed by atoms with van der Waals surface area (Å²) in [6.07, 6.45) is 0. The second-order valence-corrected chi connectivity index (χ2v) is 5.69. The topological polar surface area (TPSA) is 17.1 Å². The van der Waals surface area contributed by atoms with Crippen LogP contribution in [0.2, 0.25) is 0 Å². The van der Waals surface area contributed by atoms with Crippen LogP contribution in [0.5, 0.6) is 0 Å². The molecule has 0 saturated heterocycles. The van der Waals surface area contributed by atoms with Crippen molar-refractivity contribution in [2.45, 2.75) is 27.5 Å². The number of carbonyl (C=O) groups excluding carboxylic acids is 1. The fourth-order valence-electron chi connectivity index (χ4n) is 0.696. The summed E-state index contributed by atoms with van der Waals surface area (Å²) in [5.41, 5.74) is 0. The monoisotopic (exact) mass is 380 g/mol. The molecule has 0 aromatic rings. The molecule has 0 aromatic heterocycles. The molecular weight excluding hydrogens is 382 g/mol. The van der Waals surface area contributed by atoms with Gasteiger partial charge in [0.2, 0.25) is 0 Å². The number of rotatable bonds is 4. The molecule has 0 aromatic carbocycles. The van der Waals surface area contributed by atoms with Gasteiger partial charge in [-0.25, -0.2) is 0 Å². The molecule has 0 spiro atoms. The fourth-order valence-corrected chi connectivity index (χ4v) is 1.17. The minimum Gasteiger partial charge on any atom is -0.274 e. The van der Waals surface area contributed by atoms with Gasteiger partial charge in [0.15, 0.2) is 0 Å². The van der Waals surface area contributed by atoms with Gasteiger partial charge in [0.1, 0.15) is 0 Å². The van der Waals surface area contributed by atoms with Gasteiger partial charge < -0.3 is 0 Å². The second-order valence-electron chi connectivity index (χ2n) is 3.07. The minimum atomic E-state index is -6.90. The number of halogens is 12. The van der Waals surface area contributed by atoms with Crippen LogP contribution in [0.25, 0.3) is 0 Å². The van der Waals surface area contributed by atoms with Crippen LogP contribution >= 0.6 is 46.4 Å². The summed E-state index contributed by atoms with van der Waals surface area (Å²) < 4.78 is 97.9. The van der Waals surface area contributed by atoms with Gasteiger partial charge in [-0.2, -0.15) is 35.1 Å². The SMILES string of the molecule is O=C(Cl)C(F)(F)C(F)(F)C(F)(F)C(F)(F)C(Cl)(Cl)Cl. The maximum absolute atomic E-state index is 12.9. The number of hydrogen-bond donors (Lipinski definition) is 0. The standard InChI is InChI=1S/C6Cl4F8O/c7-1(19)2(11,12)3(13,14)4(15,16)5(17,18)6(8,9)10. The first-order valence-corrected chi connectivity index (χ1v) is 5.23. The van der Waals surface area contributed by atoms with Crippen LogP contribution in [0.1, 0.15) is 0 Å². The molecule has 0 bridgehead atoms. The van der Waals surface area contributed by atoms with E-state index in [-0.39, 0.29) is 0 Å². The molecule has 0 rings (SSSR count). The van der Waals surface area contributed by atoms with Gasteiger partial charge in [-0.15, -0.1) is 0 Å². The van der Waals surface area contributed by atoms with Crippen molar-refractivity contribution in [3.05, 3.63) is 0 Å². The zero-order valence-electron chi connectivity index (χ0n) is 7.94. The Morgan fingerprint density at radius 2 is 1.00 bits per heavy atom. The molecule has 0 atom stereocenters. The first kappa shape index (κ1) is 19.3. The molecule has 0 heterocycles. The average molecular weight is 382 g/mol. The van der Waals surface area contributed by atoms with Crippen LogP contribution in [0.4, 0.5) is 35.1 Å². The van der Waals surface area contributed by atoms with Crippen molar-refractivity contribution in [1.29, 1.82) is 0 Å². The van der Waals surface area contributed by atoms with Gasteiger partial charge in [-0.3, -0.25) is 4.79 Å². The van der Waals surface area contributed by atoms with Crippen molar-refractivity contribution in [3.63, 3.8) is 0 Å². The van der Waals surface area contributed by atoms with Crippen molar-refractivity contribution in [2.24, 2.45) is 0 Å². The van der Waals surface area contributed by atoms with Crippen LogP contribution in [0.15, 0.2) is 0 Å². The maximum Gasteiger partial charge on any atom is 0.388 e. The Morgan fingerprint density at radius 3 is 1.21 bits per heavy atom. The third-order valence-corrected chi connectivity index (χ3v) is 2.74. The Bertz CT molecular complexity index is 376. The van der Waals surface area contributed by atoms with E-state index >= 15 is 0 Å². The lowest BCUT2D eigenvalue weighted by Gasteiger charge is -2.37. The van der Waals surface area contributed by atoms with Crippen LogP contribution < -0.4 is 0 Å². The van der Waals surface area contributed by atoms with E-state index in [1.807, 2.05) is 0 Å². The van der Waals surface area contributed by atoms with E-state index in [0.717, 1.165) is 0 Å². The van der Waals surface area contributed by atoms with Crippen molar-refractivity contribution in [2.75, 3.05) is 0 Å². The minimum absolute atomic E-state index is 3.28. The molecule has 0 amide bonds. The van der Waals surface area contributed by atoms with Gasteiger partial charge >= 0.3 is 23.7 Å². The van der Waals surface area contributed by atoms with E-state index in [4.69, 9.17) is 0 Å². The zero-order valence-corrected chi connectivity index (χ0v) is 11.0. The predicted molar refractivity (Wildman–Crippen MR) is 50.9 cm³/mol. The third-order valence-electron chi connectivity index (χ3n) is 1.79. The van der Waals surface area contributed by atoms with Crippen molar-refractivity contribution in [3.8, 4) is 0 Å². The Balaban J connectivity index is 5.99. The molecule has 0 fully saturated rings. The molecule has 0 aliphatic heterocycles. The quantitative estimate of drug-likeness (QED) is 0.393. The van der Waals surface area contributed by atoms with E-state index in [1.165, 1.54) is 0 Å². The van der Waals surface area contributed by atoms with Crippen LogP contribution in [-0.2, 0) is 4.79 Å². The lowest BCUT2D eigenvalue weighted by Crippen LogP contribution is -2.67. The van der Waals surface area contributed by atoms with Gasteiger partial charge in [-0.1, -0.05) is 34.8 Å². The summed E-state index contributed by atoms with van der Waals surface area (Å²) in [7, 11) is 0. The highest BCUT2D eigenvalue weighted by Crippen LogP contribution is 2.59. The Kier molecular flexibility index (Phi) is 4.99.